The van der Waals surface area contributed by atoms with E-state index in [0.717, 1.165) is 49.7 Å². The van der Waals surface area contributed by atoms with E-state index in [4.69, 9.17) is 0 Å². The smallest absolute Gasteiger partial charge is 0.223 e. The normalized spacial score (nSPS) is 18.5. The van der Waals surface area contributed by atoms with Crippen LogP contribution in [0.25, 0.3) is 0 Å². The van der Waals surface area contributed by atoms with Crippen LogP contribution in [0.2, 0.25) is 0 Å². The molecule has 0 saturated heterocycles. The minimum atomic E-state index is 0.187. The lowest BCUT2D eigenvalue weighted by molar-refractivity contribution is -0.125. The second-order valence-electron chi connectivity index (χ2n) is 4.90. The number of carbonyl (C=O) groups excluding carboxylic acids is 1. The Morgan fingerprint density at radius 3 is 3.05 bits per heavy atom. The van der Waals surface area contributed by atoms with Crippen LogP contribution < -0.4 is 5.32 Å². The van der Waals surface area contributed by atoms with Crippen LogP contribution in [-0.2, 0) is 11.3 Å². The van der Waals surface area contributed by atoms with Crippen LogP contribution in [-0.4, -0.2) is 22.2 Å². The van der Waals surface area contributed by atoms with Crippen molar-refractivity contribution in [2.24, 2.45) is 5.92 Å². The number of nitrogens with zero attached hydrogens (tertiary/aromatic N) is 2. The zero-order valence-corrected chi connectivity index (χ0v) is 12.6. The van der Waals surface area contributed by atoms with Gasteiger partial charge in [0, 0.05) is 25.2 Å². The van der Waals surface area contributed by atoms with Gasteiger partial charge < -0.3 is 5.32 Å². The molecule has 4 nitrogen and oxygen atoms in total. The molecular formula is C14H20BrN3O. The third-order valence-electron chi connectivity index (χ3n) is 3.35. The molecule has 0 fully saturated rings. The van der Waals surface area contributed by atoms with Crippen LogP contribution in [0.3, 0.4) is 0 Å². The van der Waals surface area contributed by atoms with Crippen LogP contribution in [0.4, 0.5) is 0 Å². The number of carbonyl (C=O) groups is 1. The van der Waals surface area contributed by atoms with Gasteiger partial charge in [0.1, 0.15) is 0 Å². The minimum Gasteiger partial charge on any atom is -0.356 e. The molecule has 0 saturated carbocycles. The van der Waals surface area contributed by atoms with Gasteiger partial charge in [-0.1, -0.05) is 12.2 Å². The Morgan fingerprint density at radius 2 is 2.37 bits per heavy atom. The molecule has 1 unspecified atom stereocenters. The van der Waals surface area contributed by atoms with E-state index in [1.807, 2.05) is 10.9 Å². The number of aryl methyl sites for hydroxylation is 1. The Kier molecular flexibility index (Phi) is 5.63. The molecule has 19 heavy (non-hydrogen) atoms. The van der Waals surface area contributed by atoms with Crippen LogP contribution in [0.1, 0.15) is 32.1 Å². The van der Waals surface area contributed by atoms with Gasteiger partial charge in [0.05, 0.1) is 10.7 Å². The standard InChI is InChI=1S/C14H20BrN3O/c15-13-10-17-18(11-13)9-5-4-8-16-14(19)12-6-2-1-3-7-12/h1-2,10-12H,3-9H2,(H,16,19). The SMILES string of the molecule is O=C(NCCCCn1cc(Br)cn1)C1CC=CCC1. The maximum atomic E-state index is 11.9. The number of hydrogen-bond acceptors (Lipinski definition) is 2. The maximum Gasteiger partial charge on any atom is 0.223 e. The summed E-state index contributed by atoms with van der Waals surface area (Å²) >= 11 is 3.37. The number of amides is 1. The van der Waals surface area contributed by atoms with Crippen LogP contribution in [0.15, 0.2) is 29.0 Å². The second kappa shape index (κ2) is 7.48. The number of rotatable bonds is 6. The quantitative estimate of drug-likeness (QED) is 0.645. The van der Waals surface area contributed by atoms with Gasteiger partial charge in [-0.05, 0) is 48.0 Å². The predicted molar refractivity (Wildman–Crippen MR) is 78.7 cm³/mol. The summed E-state index contributed by atoms with van der Waals surface area (Å²) in [4.78, 5) is 11.9. The summed E-state index contributed by atoms with van der Waals surface area (Å²) in [5, 5.41) is 7.23. The Labute approximate surface area is 122 Å². The number of halogens is 1. The van der Waals surface area contributed by atoms with Gasteiger partial charge in [-0.2, -0.15) is 5.10 Å². The van der Waals surface area contributed by atoms with E-state index in [2.05, 4.69) is 38.5 Å². The van der Waals surface area contributed by atoms with Gasteiger partial charge in [-0.3, -0.25) is 9.48 Å². The largest absolute Gasteiger partial charge is 0.356 e. The number of hydrogen-bond donors (Lipinski definition) is 1. The highest BCUT2D eigenvalue weighted by Gasteiger charge is 2.17. The fraction of sp³-hybridized carbons (Fsp3) is 0.571. The molecule has 0 aromatic carbocycles. The highest BCUT2D eigenvalue weighted by Crippen LogP contribution is 2.17. The van der Waals surface area contributed by atoms with E-state index in [1.165, 1.54) is 0 Å². The van der Waals surface area contributed by atoms with Crippen LogP contribution >= 0.6 is 15.9 Å². The number of unbranched alkanes of at least 4 members (excludes halogenated alkanes) is 1. The van der Waals surface area contributed by atoms with Crippen molar-refractivity contribution in [1.82, 2.24) is 15.1 Å². The summed E-state index contributed by atoms with van der Waals surface area (Å²) in [6, 6.07) is 0. The lowest BCUT2D eigenvalue weighted by atomic mass is 9.94. The molecule has 104 valence electrons. The fourth-order valence-electron chi connectivity index (χ4n) is 2.25. The molecule has 0 bridgehead atoms. The molecule has 0 aliphatic heterocycles. The first-order valence-electron chi connectivity index (χ1n) is 6.86. The Bertz CT molecular complexity index is 442. The highest BCUT2D eigenvalue weighted by atomic mass is 79.9. The number of allylic oxidation sites excluding steroid dienone is 2. The average Bonchev–Trinajstić information content (AvgIpc) is 2.85. The summed E-state index contributed by atoms with van der Waals surface area (Å²) in [6.07, 6.45) is 13.0. The van der Waals surface area contributed by atoms with Gasteiger partial charge >= 0.3 is 0 Å². The van der Waals surface area contributed by atoms with Crippen LogP contribution in [0.5, 0.6) is 0 Å². The van der Waals surface area contributed by atoms with E-state index in [9.17, 15) is 4.79 Å². The van der Waals surface area contributed by atoms with Crippen molar-refractivity contribution >= 4 is 21.8 Å². The molecule has 1 heterocycles. The van der Waals surface area contributed by atoms with Crippen molar-refractivity contribution in [3.8, 4) is 0 Å². The Balaban J connectivity index is 1.56. The fourth-order valence-corrected chi connectivity index (χ4v) is 2.58. The molecule has 1 amide bonds. The number of aromatic nitrogens is 2. The Morgan fingerprint density at radius 1 is 1.47 bits per heavy atom. The summed E-state index contributed by atoms with van der Waals surface area (Å²) in [5.74, 6) is 0.401. The Hall–Kier alpha value is -1.10. The summed E-state index contributed by atoms with van der Waals surface area (Å²) in [7, 11) is 0. The molecule has 1 atom stereocenters. The van der Waals surface area contributed by atoms with Gasteiger partial charge in [-0.25, -0.2) is 0 Å². The highest BCUT2D eigenvalue weighted by molar-refractivity contribution is 9.10. The lowest BCUT2D eigenvalue weighted by Crippen LogP contribution is -2.32. The molecular weight excluding hydrogens is 306 g/mol. The molecule has 1 N–H and O–H groups in total. The first-order chi connectivity index (χ1) is 9.25. The summed E-state index contributed by atoms with van der Waals surface area (Å²) in [6.45, 7) is 1.66. The van der Waals surface area contributed by atoms with Crippen molar-refractivity contribution in [2.75, 3.05) is 6.54 Å². The van der Waals surface area contributed by atoms with Crippen molar-refractivity contribution in [3.63, 3.8) is 0 Å². The molecule has 2 rings (SSSR count). The zero-order valence-electron chi connectivity index (χ0n) is 11.0. The molecule has 1 aromatic heterocycles. The summed E-state index contributed by atoms with van der Waals surface area (Å²) < 4.78 is 2.92. The van der Waals surface area contributed by atoms with E-state index in [1.54, 1.807) is 6.20 Å². The van der Waals surface area contributed by atoms with Crippen molar-refractivity contribution in [1.29, 1.82) is 0 Å². The van der Waals surface area contributed by atoms with Crippen molar-refractivity contribution in [3.05, 3.63) is 29.0 Å². The van der Waals surface area contributed by atoms with Gasteiger partial charge in [0.2, 0.25) is 5.91 Å². The molecule has 0 spiro atoms. The maximum absolute atomic E-state index is 11.9. The molecule has 0 radical (unpaired) electrons. The van der Waals surface area contributed by atoms with Gasteiger partial charge in [0.15, 0.2) is 0 Å². The first-order valence-corrected chi connectivity index (χ1v) is 7.65. The van der Waals surface area contributed by atoms with E-state index >= 15 is 0 Å². The lowest BCUT2D eigenvalue weighted by Gasteiger charge is -2.17. The second-order valence-corrected chi connectivity index (χ2v) is 5.82. The molecule has 1 aliphatic carbocycles. The third-order valence-corrected chi connectivity index (χ3v) is 3.76. The van der Waals surface area contributed by atoms with Crippen LogP contribution in [0, 0.1) is 5.92 Å². The van der Waals surface area contributed by atoms with E-state index < -0.39 is 0 Å². The molecule has 1 aromatic rings. The van der Waals surface area contributed by atoms with Crippen molar-refractivity contribution in [2.45, 2.75) is 38.6 Å². The van der Waals surface area contributed by atoms with E-state index in [-0.39, 0.29) is 11.8 Å². The van der Waals surface area contributed by atoms with E-state index in [0.29, 0.717) is 0 Å². The first kappa shape index (κ1) is 14.3. The summed E-state index contributed by atoms with van der Waals surface area (Å²) in [5.41, 5.74) is 0. The average molecular weight is 326 g/mol. The van der Waals surface area contributed by atoms with Gasteiger partial charge in [-0.15, -0.1) is 0 Å². The topological polar surface area (TPSA) is 46.9 Å². The number of nitrogens with one attached hydrogen (secondary N) is 1. The monoisotopic (exact) mass is 325 g/mol. The minimum absolute atomic E-state index is 0.187. The third kappa shape index (κ3) is 4.82. The van der Waals surface area contributed by atoms with Gasteiger partial charge in [0.25, 0.3) is 0 Å². The predicted octanol–water partition coefficient (Wildman–Crippen LogP) is 2.90. The molecule has 1 aliphatic rings. The van der Waals surface area contributed by atoms with Crippen molar-refractivity contribution < 1.29 is 4.79 Å². The zero-order chi connectivity index (χ0) is 13.5. The molecule has 5 heteroatoms.